The van der Waals surface area contributed by atoms with Gasteiger partial charge in [-0.1, -0.05) is 6.07 Å². The molecule has 2 N–H and O–H groups in total. The zero-order valence-corrected chi connectivity index (χ0v) is 8.77. The highest BCUT2D eigenvalue weighted by Gasteiger charge is 2.04. The van der Waals surface area contributed by atoms with Gasteiger partial charge < -0.3 is 5.84 Å². The SMILES string of the molecule is NN=Cc1cc(-c2ccc(F)nc2)ccc1F. The third-order valence-electron chi connectivity index (χ3n) is 2.27. The Hall–Kier alpha value is -2.30. The monoisotopic (exact) mass is 233 g/mol. The number of rotatable bonds is 2. The predicted molar refractivity (Wildman–Crippen MR) is 61.4 cm³/mol. The molecule has 0 radical (unpaired) electrons. The van der Waals surface area contributed by atoms with Gasteiger partial charge in [0.2, 0.25) is 5.95 Å². The lowest BCUT2D eigenvalue weighted by atomic mass is 10.0. The fourth-order valence-electron chi connectivity index (χ4n) is 1.45. The minimum absolute atomic E-state index is 0.273. The number of hydrogen-bond donors (Lipinski definition) is 1. The Labute approximate surface area is 96.6 Å². The summed E-state index contributed by atoms with van der Waals surface area (Å²) in [4.78, 5) is 3.53. The third-order valence-corrected chi connectivity index (χ3v) is 2.27. The molecule has 0 bridgehead atoms. The van der Waals surface area contributed by atoms with E-state index in [1.165, 1.54) is 24.5 Å². The van der Waals surface area contributed by atoms with Gasteiger partial charge in [-0.15, -0.1) is 0 Å². The van der Waals surface area contributed by atoms with Gasteiger partial charge in [0.1, 0.15) is 5.82 Å². The average molecular weight is 233 g/mol. The standard InChI is InChI=1S/C12H9F2N3/c13-11-3-1-8(5-10(11)7-17-15)9-2-4-12(14)16-6-9/h1-7H,15H2. The number of hydrogen-bond acceptors (Lipinski definition) is 3. The highest BCUT2D eigenvalue weighted by atomic mass is 19.1. The number of nitrogens with two attached hydrogens (primary N) is 1. The van der Waals surface area contributed by atoms with Crippen LogP contribution in [0.1, 0.15) is 5.56 Å². The summed E-state index contributed by atoms with van der Waals surface area (Å²) in [5, 5.41) is 3.28. The molecule has 2 rings (SSSR count). The molecule has 2 aromatic rings. The van der Waals surface area contributed by atoms with Gasteiger partial charge in [-0.05, 0) is 29.8 Å². The van der Waals surface area contributed by atoms with Crippen LogP contribution in [0.15, 0.2) is 41.6 Å². The molecular weight excluding hydrogens is 224 g/mol. The van der Waals surface area contributed by atoms with E-state index in [-0.39, 0.29) is 5.56 Å². The molecule has 0 fully saturated rings. The summed E-state index contributed by atoms with van der Waals surface area (Å²) in [5.41, 5.74) is 1.68. The maximum atomic E-state index is 13.3. The van der Waals surface area contributed by atoms with Crippen molar-refractivity contribution in [3.63, 3.8) is 0 Å². The highest BCUT2D eigenvalue weighted by molar-refractivity contribution is 5.82. The molecule has 0 unspecified atom stereocenters. The van der Waals surface area contributed by atoms with Gasteiger partial charge >= 0.3 is 0 Å². The van der Waals surface area contributed by atoms with Crippen molar-refractivity contribution in [1.29, 1.82) is 0 Å². The third kappa shape index (κ3) is 2.44. The van der Waals surface area contributed by atoms with Crippen molar-refractivity contribution in [1.82, 2.24) is 4.98 Å². The maximum absolute atomic E-state index is 13.3. The molecule has 5 heteroatoms. The summed E-state index contributed by atoms with van der Waals surface area (Å²) in [5.74, 6) is 4.00. The van der Waals surface area contributed by atoms with Gasteiger partial charge in [-0.3, -0.25) is 0 Å². The van der Waals surface area contributed by atoms with Gasteiger partial charge in [0, 0.05) is 17.3 Å². The Morgan fingerprint density at radius 3 is 2.53 bits per heavy atom. The van der Waals surface area contributed by atoms with Gasteiger partial charge in [-0.2, -0.15) is 9.49 Å². The molecule has 0 saturated heterocycles. The molecule has 0 saturated carbocycles. The summed E-state index contributed by atoms with van der Waals surface area (Å²) >= 11 is 0. The predicted octanol–water partition coefficient (Wildman–Crippen LogP) is 2.32. The van der Waals surface area contributed by atoms with Crippen LogP contribution in [0, 0.1) is 11.8 Å². The average Bonchev–Trinajstić information content (AvgIpc) is 2.33. The number of halogens is 2. The van der Waals surface area contributed by atoms with Crippen LogP contribution in [-0.2, 0) is 0 Å². The summed E-state index contributed by atoms with van der Waals surface area (Å²) in [7, 11) is 0. The van der Waals surface area contributed by atoms with E-state index in [9.17, 15) is 8.78 Å². The number of pyridine rings is 1. The molecule has 0 atom stereocenters. The Kier molecular flexibility index (Phi) is 3.09. The zero-order chi connectivity index (χ0) is 12.3. The number of nitrogens with zero attached hydrogens (tertiary/aromatic N) is 2. The lowest BCUT2D eigenvalue weighted by molar-refractivity contribution is 0.584. The van der Waals surface area contributed by atoms with Gasteiger partial charge in [-0.25, -0.2) is 9.37 Å². The van der Waals surface area contributed by atoms with Crippen LogP contribution in [0.2, 0.25) is 0 Å². The Balaban J connectivity index is 2.46. The van der Waals surface area contributed by atoms with E-state index < -0.39 is 11.8 Å². The van der Waals surface area contributed by atoms with E-state index in [4.69, 9.17) is 5.84 Å². The second kappa shape index (κ2) is 4.69. The Bertz CT molecular complexity index is 550. The number of aromatic nitrogens is 1. The van der Waals surface area contributed by atoms with Crippen molar-refractivity contribution in [2.24, 2.45) is 10.9 Å². The zero-order valence-electron chi connectivity index (χ0n) is 8.77. The Morgan fingerprint density at radius 1 is 1.12 bits per heavy atom. The van der Waals surface area contributed by atoms with Crippen molar-refractivity contribution in [3.8, 4) is 11.1 Å². The molecule has 0 spiro atoms. The summed E-state index contributed by atoms with van der Waals surface area (Å²) in [6.07, 6.45) is 2.60. The molecule has 0 aliphatic heterocycles. The fraction of sp³-hybridized carbons (Fsp3) is 0. The van der Waals surface area contributed by atoms with Crippen molar-refractivity contribution in [2.75, 3.05) is 0 Å². The largest absolute Gasteiger partial charge is 0.323 e. The molecular formula is C12H9F2N3. The molecule has 1 aromatic heterocycles. The second-order valence-electron chi connectivity index (χ2n) is 3.38. The number of benzene rings is 1. The van der Waals surface area contributed by atoms with E-state index in [0.717, 1.165) is 0 Å². The van der Waals surface area contributed by atoms with E-state index in [1.54, 1.807) is 18.2 Å². The van der Waals surface area contributed by atoms with E-state index >= 15 is 0 Å². The van der Waals surface area contributed by atoms with Crippen LogP contribution in [0.3, 0.4) is 0 Å². The Morgan fingerprint density at radius 2 is 1.88 bits per heavy atom. The van der Waals surface area contributed by atoms with Crippen molar-refractivity contribution in [3.05, 3.63) is 53.9 Å². The molecule has 3 nitrogen and oxygen atoms in total. The molecule has 0 amide bonds. The lowest BCUT2D eigenvalue weighted by Gasteiger charge is -2.03. The van der Waals surface area contributed by atoms with Gasteiger partial charge in [0.05, 0.1) is 6.21 Å². The van der Waals surface area contributed by atoms with Crippen molar-refractivity contribution in [2.45, 2.75) is 0 Å². The first-order chi connectivity index (χ1) is 8.20. The van der Waals surface area contributed by atoms with E-state index in [1.807, 2.05) is 0 Å². The molecule has 0 aliphatic rings. The smallest absolute Gasteiger partial charge is 0.212 e. The topological polar surface area (TPSA) is 51.3 Å². The van der Waals surface area contributed by atoms with Crippen molar-refractivity contribution < 1.29 is 8.78 Å². The van der Waals surface area contributed by atoms with Crippen LogP contribution in [0.25, 0.3) is 11.1 Å². The van der Waals surface area contributed by atoms with E-state index in [0.29, 0.717) is 11.1 Å². The quantitative estimate of drug-likeness (QED) is 0.374. The van der Waals surface area contributed by atoms with Gasteiger partial charge in [0.25, 0.3) is 0 Å². The lowest BCUT2D eigenvalue weighted by Crippen LogP contribution is -1.92. The summed E-state index contributed by atoms with van der Waals surface area (Å²) in [6.45, 7) is 0. The summed E-state index contributed by atoms with van der Waals surface area (Å²) in [6, 6.07) is 7.27. The molecule has 0 aliphatic carbocycles. The van der Waals surface area contributed by atoms with Crippen LogP contribution in [0.5, 0.6) is 0 Å². The first kappa shape index (κ1) is 11.2. The minimum atomic E-state index is -0.556. The highest BCUT2D eigenvalue weighted by Crippen LogP contribution is 2.20. The normalized spacial score (nSPS) is 10.9. The number of hydrazone groups is 1. The van der Waals surface area contributed by atoms with Crippen LogP contribution in [-0.4, -0.2) is 11.2 Å². The van der Waals surface area contributed by atoms with Crippen LogP contribution >= 0.6 is 0 Å². The molecule has 1 heterocycles. The van der Waals surface area contributed by atoms with E-state index in [2.05, 4.69) is 10.1 Å². The molecule has 86 valence electrons. The maximum Gasteiger partial charge on any atom is 0.212 e. The first-order valence-electron chi connectivity index (χ1n) is 4.85. The molecule has 1 aromatic carbocycles. The molecule has 17 heavy (non-hydrogen) atoms. The van der Waals surface area contributed by atoms with Crippen LogP contribution < -0.4 is 5.84 Å². The minimum Gasteiger partial charge on any atom is -0.323 e. The second-order valence-corrected chi connectivity index (χ2v) is 3.38. The van der Waals surface area contributed by atoms with Crippen molar-refractivity contribution >= 4 is 6.21 Å². The summed E-state index contributed by atoms with van der Waals surface area (Å²) < 4.78 is 26.0. The van der Waals surface area contributed by atoms with Gasteiger partial charge in [0.15, 0.2) is 0 Å². The first-order valence-corrected chi connectivity index (χ1v) is 4.85. The fourth-order valence-corrected chi connectivity index (χ4v) is 1.45. The van der Waals surface area contributed by atoms with Crippen LogP contribution in [0.4, 0.5) is 8.78 Å².